The average molecular weight is 356 g/mol. The average Bonchev–Trinajstić information content (AvgIpc) is 2.46. The molecule has 1 saturated heterocycles. The van der Waals surface area contributed by atoms with Crippen LogP contribution in [0.3, 0.4) is 0 Å². The molecule has 1 fully saturated rings. The van der Waals surface area contributed by atoms with Gasteiger partial charge in [0.2, 0.25) is 10.0 Å². The van der Waals surface area contributed by atoms with Gasteiger partial charge < -0.3 is 10.2 Å². The number of hydrogen-bond acceptors (Lipinski definition) is 3. The van der Waals surface area contributed by atoms with E-state index in [1.54, 1.807) is 31.2 Å². The fraction of sp³-hybridized carbons (Fsp3) is 0.562. The summed E-state index contributed by atoms with van der Waals surface area (Å²) in [5, 5.41) is 3.91. The smallest absolute Gasteiger partial charge is 0.240 e. The van der Waals surface area contributed by atoms with Gasteiger partial charge in [0.15, 0.2) is 5.11 Å². The lowest BCUT2D eigenvalue weighted by atomic mass is 9.92. The third-order valence-electron chi connectivity index (χ3n) is 3.91. The van der Waals surface area contributed by atoms with Gasteiger partial charge >= 0.3 is 0 Å². The fourth-order valence-corrected chi connectivity index (χ4v) is 4.33. The van der Waals surface area contributed by atoms with Crippen LogP contribution in [0.4, 0.5) is 5.69 Å². The van der Waals surface area contributed by atoms with E-state index in [4.69, 9.17) is 12.2 Å². The van der Waals surface area contributed by atoms with Crippen molar-refractivity contribution in [2.75, 3.05) is 25.0 Å². The van der Waals surface area contributed by atoms with E-state index in [1.165, 1.54) is 6.42 Å². The summed E-state index contributed by atoms with van der Waals surface area (Å²) in [6.07, 6.45) is 1.23. The Morgan fingerprint density at radius 3 is 2.30 bits per heavy atom. The molecule has 1 aromatic carbocycles. The highest BCUT2D eigenvalue weighted by Gasteiger charge is 2.23. The van der Waals surface area contributed by atoms with Gasteiger partial charge in [0.1, 0.15) is 0 Å². The van der Waals surface area contributed by atoms with Gasteiger partial charge in [0.05, 0.1) is 4.90 Å². The number of sulfonamides is 1. The summed E-state index contributed by atoms with van der Waals surface area (Å²) in [6.45, 7) is 8.54. The predicted octanol–water partition coefficient (Wildman–Crippen LogP) is 2.66. The van der Waals surface area contributed by atoms with Crippen LogP contribution in [0.25, 0.3) is 0 Å². The van der Waals surface area contributed by atoms with Crippen molar-refractivity contribution in [2.24, 2.45) is 11.8 Å². The van der Waals surface area contributed by atoms with Crippen molar-refractivity contribution < 1.29 is 8.42 Å². The Balaban J connectivity index is 2.02. The Kier molecular flexibility index (Phi) is 6.00. The maximum Gasteiger partial charge on any atom is 0.240 e. The van der Waals surface area contributed by atoms with Gasteiger partial charge in [-0.25, -0.2) is 13.1 Å². The third-order valence-corrected chi connectivity index (χ3v) is 5.83. The molecule has 128 valence electrons. The summed E-state index contributed by atoms with van der Waals surface area (Å²) in [4.78, 5) is 2.45. The molecular formula is C16H25N3O2S2. The molecule has 0 saturated carbocycles. The van der Waals surface area contributed by atoms with Crippen molar-refractivity contribution in [3.8, 4) is 0 Å². The molecule has 1 aromatic rings. The zero-order valence-electron chi connectivity index (χ0n) is 13.9. The number of anilines is 1. The zero-order valence-corrected chi connectivity index (χ0v) is 15.5. The lowest BCUT2D eigenvalue weighted by molar-refractivity contribution is 0.216. The summed E-state index contributed by atoms with van der Waals surface area (Å²) < 4.78 is 26.3. The maximum absolute atomic E-state index is 11.9. The normalized spacial score (nSPS) is 22.0. The molecular weight excluding hydrogens is 330 g/mol. The first-order valence-corrected chi connectivity index (χ1v) is 9.86. The van der Waals surface area contributed by atoms with Gasteiger partial charge in [-0.2, -0.15) is 0 Å². The molecule has 0 radical (unpaired) electrons. The Labute approximate surface area is 144 Å². The zero-order chi connectivity index (χ0) is 17.0. The molecule has 2 rings (SSSR count). The first kappa shape index (κ1) is 18.2. The van der Waals surface area contributed by atoms with Crippen LogP contribution >= 0.6 is 12.2 Å². The van der Waals surface area contributed by atoms with Crippen LogP contribution in [-0.2, 0) is 10.0 Å². The van der Waals surface area contributed by atoms with Crippen molar-refractivity contribution in [3.05, 3.63) is 24.3 Å². The van der Waals surface area contributed by atoms with E-state index in [0.717, 1.165) is 18.8 Å². The largest absolute Gasteiger partial charge is 0.348 e. The topological polar surface area (TPSA) is 61.4 Å². The van der Waals surface area contributed by atoms with E-state index < -0.39 is 10.0 Å². The van der Waals surface area contributed by atoms with Gasteiger partial charge in [0, 0.05) is 25.3 Å². The van der Waals surface area contributed by atoms with E-state index in [9.17, 15) is 8.42 Å². The van der Waals surface area contributed by atoms with Crippen LogP contribution in [0.5, 0.6) is 0 Å². The Bertz CT molecular complexity index is 634. The minimum Gasteiger partial charge on any atom is -0.348 e. The standard InChI is InChI=1S/C16H25N3O2S2/c1-4-17-23(20,21)15-7-5-14(6-8-15)18-16(22)19-10-12(2)9-13(3)11-19/h5-8,12-13,17H,4,9-11H2,1-3H3,(H,18,22)/t12-,13-/m1/s1. The van der Waals surface area contributed by atoms with Crippen molar-refractivity contribution in [1.29, 1.82) is 0 Å². The Morgan fingerprint density at radius 1 is 1.22 bits per heavy atom. The quantitative estimate of drug-likeness (QED) is 0.813. The Hall–Kier alpha value is -1.18. The minimum absolute atomic E-state index is 0.260. The molecule has 0 unspecified atom stereocenters. The first-order chi connectivity index (χ1) is 10.8. The molecule has 1 heterocycles. The highest BCUT2D eigenvalue weighted by Crippen LogP contribution is 2.22. The highest BCUT2D eigenvalue weighted by atomic mass is 32.2. The van der Waals surface area contributed by atoms with Crippen molar-refractivity contribution in [3.63, 3.8) is 0 Å². The van der Waals surface area contributed by atoms with Crippen molar-refractivity contribution >= 4 is 33.0 Å². The first-order valence-electron chi connectivity index (χ1n) is 7.97. The maximum atomic E-state index is 11.9. The molecule has 0 spiro atoms. The molecule has 0 aliphatic carbocycles. The summed E-state index contributed by atoms with van der Waals surface area (Å²) in [5.74, 6) is 1.26. The molecule has 2 atom stereocenters. The summed E-state index contributed by atoms with van der Waals surface area (Å²) in [6, 6.07) is 6.66. The van der Waals surface area contributed by atoms with Crippen LogP contribution in [-0.4, -0.2) is 38.1 Å². The monoisotopic (exact) mass is 355 g/mol. The molecule has 0 bridgehead atoms. The van der Waals surface area contributed by atoms with Crippen LogP contribution < -0.4 is 10.0 Å². The molecule has 7 heteroatoms. The van der Waals surface area contributed by atoms with E-state index in [2.05, 4.69) is 28.8 Å². The molecule has 23 heavy (non-hydrogen) atoms. The lowest BCUT2D eigenvalue weighted by Gasteiger charge is -2.36. The molecule has 1 aliphatic rings. The Morgan fingerprint density at radius 2 is 1.78 bits per heavy atom. The SMILES string of the molecule is CCNS(=O)(=O)c1ccc(NC(=S)N2C[C@H](C)C[C@@H](C)C2)cc1. The minimum atomic E-state index is -3.41. The van der Waals surface area contributed by atoms with Gasteiger partial charge in [-0.3, -0.25) is 0 Å². The number of nitrogens with one attached hydrogen (secondary N) is 2. The second-order valence-electron chi connectivity index (χ2n) is 6.31. The fourth-order valence-electron chi connectivity index (χ4n) is 3.02. The molecule has 0 amide bonds. The van der Waals surface area contributed by atoms with Crippen LogP contribution in [0, 0.1) is 11.8 Å². The number of piperidine rings is 1. The number of thiocarbonyl (C=S) groups is 1. The number of hydrogen-bond donors (Lipinski definition) is 2. The predicted molar refractivity (Wildman–Crippen MR) is 98.0 cm³/mol. The molecule has 2 N–H and O–H groups in total. The highest BCUT2D eigenvalue weighted by molar-refractivity contribution is 7.89. The summed E-state index contributed by atoms with van der Waals surface area (Å²) in [7, 11) is -3.41. The summed E-state index contributed by atoms with van der Waals surface area (Å²) in [5.41, 5.74) is 0.802. The third kappa shape index (κ3) is 4.89. The van der Waals surface area contributed by atoms with Crippen molar-refractivity contribution in [1.82, 2.24) is 9.62 Å². The van der Waals surface area contributed by atoms with E-state index in [0.29, 0.717) is 23.5 Å². The van der Waals surface area contributed by atoms with Crippen LogP contribution in [0.1, 0.15) is 27.2 Å². The van der Waals surface area contributed by atoms with Gasteiger partial charge in [0.25, 0.3) is 0 Å². The van der Waals surface area contributed by atoms with E-state index >= 15 is 0 Å². The number of nitrogens with zero attached hydrogens (tertiary/aromatic N) is 1. The summed E-state index contributed by atoms with van der Waals surface area (Å²) >= 11 is 5.49. The van der Waals surface area contributed by atoms with Gasteiger partial charge in [-0.1, -0.05) is 20.8 Å². The van der Waals surface area contributed by atoms with Gasteiger partial charge in [-0.15, -0.1) is 0 Å². The molecule has 5 nitrogen and oxygen atoms in total. The second-order valence-corrected chi connectivity index (χ2v) is 8.46. The lowest BCUT2D eigenvalue weighted by Crippen LogP contribution is -2.44. The van der Waals surface area contributed by atoms with Crippen LogP contribution in [0.2, 0.25) is 0 Å². The molecule has 1 aliphatic heterocycles. The van der Waals surface area contributed by atoms with E-state index in [-0.39, 0.29) is 4.90 Å². The number of likely N-dealkylation sites (tertiary alicyclic amines) is 1. The van der Waals surface area contributed by atoms with Crippen LogP contribution in [0.15, 0.2) is 29.2 Å². The van der Waals surface area contributed by atoms with Gasteiger partial charge in [-0.05, 0) is 54.7 Å². The van der Waals surface area contributed by atoms with E-state index in [1.807, 2.05) is 0 Å². The molecule has 0 aromatic heterocycles. The van der Waals surface area contributed by atoms with Crippen molar-refractivity contribution in [2.45, 2.75) is 32.1 Å². The number of rotatable bonds is 4. The second kappa shape index (κ2) is 7.59. The number of benzene rings is 1.